The molecule has 5 nitrogen and oxygen atoms in total. The van der Waals surface area contributed by atoms with Crippen LogP contribution in [0.15, 0.2) is 47.2 Å². The van der Waals surface area contributed by atoms with E-state index in [1.54, 1.807) is 12.4 Å². The molecule has 3 aromatic heterocycles. The van der Waals surface area contributed by atoms with Crippen molar-refractivity contribution in [3.63, 3.8) is 0 Å². The number of aromatic nitrogens is 4. The van der Waals surface area contributed by atoms with Crippen LogP contribution in [0.3, 0.4) is 0 Å². The molecule has 0 fully saturated rings. The van der Waals surface area contributed by atoms with E-state index in [4.69, 9.17) is 16.1 Å². The van der Waals surface area contributed by atoms with E-state index in [0.717, 1.165) is 32.7 Å². The van der Waals surface area contributed by atoms with Crippen LogP contribution in [-0.2, 0) is 6.42 Å². The number of H-pyrrole nitrogens is 1. The van der Waals surface area contributed by atoms with Gasteiger partial charge in [0.25, 0.3) is 5.89 Å². The lowest BCUT2D eigenvalue weighted by Gasteiger charge is -1.96. The van der Waals surface area contributed by atoms with E-state index in [-0.39, 0.29) is 0 Å². The van der Waals surface area contributed by atoms with Gasteiger partial charge in [-0.1, -0.05) is 16.8 Å². The lowest BCUT2D eigenvalue weighted by molar-refractivity contribution is 0.423. The Balaban J connectivity index is 1.66. The standard InChI is InChI=1S/C17H13ClN4O/c1-10-6-12-8-15(20-14(12)9-13(10)18)17-21-16(22-23-17)7-11-2-4-19-5-3-11/h2-6,8-9,20H,7H2,1H3. The number of nitrogens with zero attached hydrogens (tertiary/aromatic N) is 3. The van der Waals surface area contributed by atoms with Gasteiger partial charge in [0.2, 0.25) is 0 Å². The van der Waals surface area contributed by atoms with Crippen LogP contribution >= 0.6 is 11.6 Å². The number of aryl methyl sites for hydroxylation is 1. The predicted octanol–water partition coefficient (Wildman–Crippen LogP) is 4.17. The summed E-state index contributed by atoms with van der Waals surface area (Å²) in [6.45, 7) is 1.98. The van der Waals surface area contributed by atoms with Crippen molar-refractivity contribution >= 4 is 22.5 Å². The summed E-state index contributed by atoms with van der Waals surface area (Å²) in [4.78, 5) is 11.7. The molecule has 4 rings (SSSR count). The average Bonchev–Trinajstić information content (AvgIpc) is 3.15. The minimum atomic E-state index is 0.471. The molecule has 1 aromatic carbocycles. The molecule has 0 amide bonds. The summed E-state index contributed by atoms with van der Waals surface area (Å²) in [6.07, 6.45) is 4.11. The smallest absolute Gasteiger partial charge is 0.274 e. The molecular weight excluding hydrogens is 312 g/mol. The highest BCUT2D eigenvalue weighted by Crippen LogP contribution is 2.27. The first-order valence-corrected chi connectivity index (χ1v) is 7.57. The molecule has 23 heavy (non-hydrogen) atoms. The van der Waals surface area contributed by atoms with Gasteiger partial charge in [-0.15, -0.1) is 0 Å². The number of hydrogen-bond acceptors (Lipinski definition) is 4. The first-order valence-electron chi connectivity index (χ1n) is 7.20. The summed E-state index contributed by atoms with van der Waals surface area (Å²) in [7, 11) is 0. The number of fused-ring (bicyclic) bond motifs is 1. The fourth-order valence-electron chi connectivity index (χ4n) is 2.50. The second-order valence-corrected chi connectivity index (χ2v) is 5.83. The van der Waals surface area contributed by atoms with Crippen LogP contribution in [0.1, 0.15) is 17.0 Å². The summed E-state index contributed by atoms with van der Waals surface area (Å²) in [5, 5.41) is 5.84. The minimum Gasteiger partial charge on any atom is -0.350 e. The van der Waals surface area contributed by atoms with Crippen LogP contribution in [0.2, 0.25) is 5.02 Å². The van der Waals surface area contributed by atoms with E-state index in [0.29, 0.717) is 18.1 Å². The quantitative estimate of drug-likeness (QED) is 0.614. The van der Waals surface area contributed by atoms with Gasteiger partial charge in [-0.2, -0.15) is 4.98 Å². The third-order valence-electron chi connectivity index (χ3n) is 3.71. The molecule has 114 valence electrons. The fourth-order valence-corrected chi connectivity index (χ4v) is 2.67. The predicted molar refractivity (Wildman–Crippen MR) is 88.4 cm³/mol. The van der Waals surface area contributed by atoms with E-state index >= 15 is 0 Å². The Hall–Kier alpha value is -2.66. The number of rotatable bonds is 3. The Bertz CT molecular complexity index is 936. The minimum absolute atomic E-state index is 0.471. The molecule has 0 unspecified atom stereocenters. The van der Waals surface area contributed by atoms with Gasteiger partial charge in [-0.05, 0) is 48.4 Å². The summed E-state index contributed by atoms with van der Waals surface area (Å²) in [6, 6.07) is 9.80. The Kier molecular flexibility index (Phi) is 3.35. The largest absolute Gasteiger partial charge is 0.350 e. The molecule has 1 N–H and O–H groups in total. The zero-order chi connectivity index (χ0) is 15.8. The van der Waals surface area contributed by atoms with E-state index in [1.165, 1.54) is 0 Å². The molecule has 0 aliphatic carbocycles. The molecule has 3 heterocycles. The van der Waals surface area contributed by atoms with E-state index < -0.39 is 0 Å². The number of hydrogen-bond donors (Lipinski definition) is 1. The highest BCUT2D eigenvalue weighted by molar-refractivity contribution is 6.32. The second-order valence-electron chi connectivity index (χ2n) is 5.42. The van der Waals surface area contributed by atoms with Crippen molar-refractivity contribution in [1.82, 2.24) is 20.1 Å². The maximum absolute atomic E-state index is 6.16. The van der Waals surface area contributed by atoms with Gasteiger partial charge in [0.15, 0.2) is 5.82 Å². The molecular formula is C17H13ClN4O. The maximum Gasteiger partial charge on any atom is 0.274 e. The molecule has 0 aliphatic heterocycles. The van der Waals surface area contributed by atoms with Crippen LogP contribution in [0.5, 0.6) is 0 Å². The Labute approximate surface area is 137 Å². The van der Waals surface area contributed by atoms with Crippen molar-refractivity contribution < 1.29 is 4.52 Å². The first kappa shape index (κ1) is 14.0. The van der Waals surface area contributed by atoms with Crippen molar-refractivity contribution in [3.05, 3.63) is 64.7 Å². The van der Waals surface area contributed by atoms with Crippen LogP contribution in [0.25, 0.3) is 22.5 Å². The first-order chi connectivity index (χ1) is 11.2. The van der Waals surface area contributed by atoms with Crippen molar-refractivity contribution in [3.8, 4) is 11.6 Å². The number of benzene rings is 1. The van der Waals surface area contributed by atoms with Crippen LogP contribution in [0, 0.1) is 6.92 Å². The van der Waals surface area contributed by atoms with Crippen LogP contribution in [0.4, 0.5) is 0 Å². The van der Waals surface area contributed by atoms with Crippen LogP contribution in [-0.4, -0.2) is 20.1 Å². The monoisotopic (exact) mass is 324 g/mol. The van der Waals surface area contributed by atoms with Crippen molar-refractivity contribution in [2.45, 2.75) is 13.3 Å². The third-order valence-corrected chi connectivity index (χ3v) is 4.12. The number of halogens is 1. The second kappa shape index (κ2) is 5.52. The molecule has 0 radical (unpaired) electrons. The van der Waals surface area contributed by atoms with E-state index in [1.807, 2.05) is 37.3 Å². The van der Waals surface area contributed by atoms with Gasteiger partial charge in [-0.25, -0.2) is 0 Å². The van der Waals surface area contributed by atoms with Crippen LogP contribution < -0.4 is 0 Å². The van der Waals surface area contributed by atoms with Gasteiger partial charge in [-0.3, -0.25) is 4.98 Å². The SMILES string of the molecule is Cc1cc2cc(-c3nc(Cc4ccncc4)no3)[nH]c2cc1Cl. The Morgan fingerprint density at radius 1 is 1.17 bits per heavy atom. The van der Waals surface area contributed by atoms with Crippen molar-refractivity contribution in [2.24, 2.45) is 0 Å². The maximum atomic E-state index is 6.16. The Morgan fingerprint density at radius 2 is 2.00 bits per heavy atom. The fraction of sp³-hybridized carbons (Fsp3) is 0.118. The molecule has 0 saturated heterocycles. The lowest BCUT2D eigenvalue weighted by atomic mass is 10.2. The van der Waals surface area contributed by atoms with Gasteiger partial charge >= 0.3 is 0 Å². The van der Waals surface area contributed by atoms with Gasteiger partial charge in [0, 0.05) is 34.7 Å². The topological polar surface area (TPSA) is 67.6 Å². The average molecular weight is 325 g/mol. The van der Waals surface area contributed by atoms with Crippen molar-refractivity contribution in [1.29, 1.82) is 0 Å². The normalized spacial score (nSPS) is 11.2. The van der Waals surface area contributed by atoms with Gasteiger partial charge < -0.3 is 9.51 Å². The van der Waals surface area contributed by atoms with E-state index in [2.05, 4.69) is 20.1 Å². The molecule has 0 spiro atoms. The number of nitrogens with one attached hydrogen (secondary N) is 1. The molecule has 6 heteroatoms. The lowest BCUT2D eigenvalue weighted by Crippen LogP contribution is -1.90. The molecule has 0 bridgehead atoms. The summed E-state index contributed by atoms with van der Waals surface area (Å²) >= 11 is 6.16. The highest BCUT2D eigenvalue weighted by atomic mass is 35.5. The highest BCUT2D eigenvalue weighted by Gasteiger charge is 2.13. The summed E-state index contributed by atoms with van der Waals surface area (Å²) in [5.74, 6) is 1.11. The zero-order valence-electron chi connectivity index (χ0n) is 12.4. The summed E-state index contributed by atoms with van der Waals surface area (Å²) in [5.41, 5.74) is 3.86. The molecule has 0 aliphatic rings. The van der Waals surface area contributed by atoms with E-state index in [9.17, 15) is 0 Å². The number of pyridine rings is 1. The summed E-state index contributed by atoms with van der Waals surface area (Å²) < 4.78 is 5.37. The molecule has 4 aromatic rings. The van der Waals surface area contributed by atoms with Crippen molar-refractivity contribution in [2.75, 3.05) is 0 Å². The number of aromatic amines is 1. The Morgan fingerprint density at radius 3 is 2.83 bits per heavy atom. The third kappa shape index (κ3) is 2.71. The van der Waals surface area contributed by atoms with Gasteiger partial charge in [0.05, 0.1) is 0 Å². The molecule has 0 atom stereocenters. The zero-order valence-corrected chi connectivity index (χ0v) is 13.1. The molecule has 0 saturated carbocycles. The van der Waals surface area contributed by atoms with Gasteiger partial charge in [0.1, 0.15) is 5.69 Å².